The zero-order valence-corrected chi connectivity index (χ0v) is 9.81. The van der Waals surface area contributed by atoms with E-state index in [-0.39, 0.29) is 5.41 Å². The van der Waals surface area contributed by atoms with Gasteiger partial charge in [-0.15, -0.1) is 10.2 Å². The van der Waals surface area contributed by atoms with Crippen molar-refractivity contribution in [3.63, 3.8) is 0 Å². The lowest BCUT2D eigenvalue weighted by atomic mass is 9.83. The van der Waals surface area contributed by atoms with Gasteiger partial charge < -0.3 is 10.3 Å². The van der Waals surface area contributed by atoms with Gasteiger partial charge in [-0.2, -0.15) is 0 Å². The molecule has 0 amide bonds. The van der Waals surface area contributed by atoms with Crippen LogP contribution in [0.4, 0.5) is 5.69 Å². The van der Waals surface area contributed by atoms with E-state index in [0.29, 0.717) is 0 Å². The Morgan fingerprint density at radius 1 is 1.19 bits per heavy atom. The number of hydrogen-bond donors (Lipinski definition) is 1. The third-order valence-corrected chi connectivity index (χ3v) is 2.90. The van der Waals surface area contributed by atoms with Crippen molar-refractivity contribution < 1.29 is 0 Å². The molecule has 1 heterocycles. The minimum Gasteiger partial charge on any atom is -0.399 e. The van der Waals surface area contributed by atoms with Crippen molar-refractivity contribution in [3.8, 4) is 0 Å². The SMILES string of the molecule is Cn1cnnc1C(C)(C)c1ccc(N)cc1. The highest BCUT2D eigenvalue weighted by Crippen LogP contribution is 2.29. The Hall–Kier alpha value is -1.84. The van der Waals surface area contributed by atoms with Gasteiger partial charge in [0.2, 0.25) is 0 Å². The van der Waals surface area contributed by atoms with E-state index in [9.17, 15) is 0 Å². The second kappa shape index (κ2) is 3.63. The van der Waals surface area contributed by atoms with Crippen LogP contribution < -0.4 is 5.73 Å². The van der Waals surface area contributed by atoms with E-state index < -0.39 is 0 Å². The van der Waals surface area contributed by atoms with Gasteiger partial charge in [-0.05, 0) is 31.5 Å². The van der Waals surface area contributed by atoms with Gasteiger partial charge in [-0.1, -0.05) is 12.1 Å². The highest BCUT2D eigenvalue weighted by atomic mass is 15.3. The molecule has 0 aliphatic heterocycles. The number of hydrogen-bond acceptors (Lipinski definition) is 3. The van der Waals surface area contributed by atoms with E-state index in [0.717, 1.165) is 11.5 Å². The van der Waals surface area contributed by atoms with Crippen molar-refractivity contribution in [2.24, 2.45) is 7.05 Å². The maximum Gasteiger partial charge on any atom is 0.142 e. The summed E-state index contributed by atoms with van der Waals surface area (Å²) in [4.78, 5) is 0. The number of aromatic nitrogens is 3. The van der Waals surface area contributed by atoms with E-state index >= 15 is 0 Å². The van der Waals surface area contributed by atoms with E-state index in [1.807, 2.05) is 35.9 Å². The van der Waals surface area contributed by atoms with Crippen molar-refractivity contribution >= 4 is 5.69 Å². The molecule has 0 aliphatic carbocycles. The standard InChI is InChI=1S/C12H16N4/c1-12(2,11-15-14-8-16(11)3)9-4-6-10(13)7-5-9/h4-8H,13H2,1-3H3. The predicted octanol–water partition coefficient (Wildman–Crippen LogP) is 1.72. The summed E-state index contributed by atoms with van der Waals surface area (Å²) in [5.41, 5.74) is 7.47. The monoisotopic (exact) mass is 216 g/mol. The zero-order chi connectivity index (χ0) is 11.8. The molecule has 84 valence electrons. The molecule has 4 nitrogen and oxygen atoms in total. The minimum atomic E-state index is -0.168. The quantitative estimate of drug-likeness (QED) is 0.778. The molecule has 0 saturated heterocycles. The number of nitrogen functional groups attached to an aromatic ring is 1. The van der Waals surface area contributed by atoms with Gasteiger partial charge in [0.15, 0.2) is 0 Å². The van der Waals surface area contributed by atoms with Crippen molar-refractivity contribution in [2.75, 3.05) is 5.73 Å². The van der Waals surface area contributed by atoms with E-state index in [1.165, 1.54) is 5.56 Å². The number of nitrogens with zero attached hydrogens (tertiary/aromatic N) is 3. The maximum atomic E-state index is 5.69. The van der Waals surface area contributed by atoms with Crippen LogP contribution >= 0.6 is 0 Å². The van der Waals surface area contributed by atoms with Gasteiger partial charge >= 0.3 is 0 Å². The van der Waals surface area contributed by atoms with E-state index in [4.69, 9.17) is 5.73 Å². The molecule has 0 aliphatic rings. The predicted molar refractivity (Wildman–Crippen MR) is 64.0 cm³/mol. The number of rotatable bonds is 2. The lowest BCUT2D eigenvalue weighted by molar-refractivity contribution is 0.560. The summed E-state index contributed by atoms with van der Waals surface area (Å²) >= 11 is 0. The smallest absolute Gasteiger partial charge is 0.142 e. The molecule has 2 N–H and O–H groups in total. The highest BCUT2D eigenvalue weighted by molar-refractivity contribution is 5.42. The van der Waals surface area contributed by atoms with Crippen LogP contribution in [0.3, 0.4) is 0 Å². The second-order valence-electron chi connectivity index (χ2n) is 4.51. The van der Waals surface area contributed by atoms with Gasteiger partial charge in [0, 0.05) is 18.2 Å². The van der Waals surface area contributed by atoms with Crippen LogP contribution in [0, 0.1) is 0 Å². The molecule has 2 rings (SSSR count). The van der Waals surface area contributed by atoms with Gasteiger partial charge in [0.05, 0.1) is 0 Å². The molecule has 0 spiro atoms. The first-order chi connectivity index (χ1) is 7.51. The molecule has 0 unspecified atom stereocenters. The zero-order valence-electron chi connectivity index (χ0n) is 9.81. The van der Waals surface area contributed by atoms with Crippen LogP contribution in [-0.4, -0.2) is 14.8 Å². The first-order valence-corrected chi connectivity index (χ1v) is 5.22. The van der Waals surface area contributed by atoms with Crippen LogP contribution in [0.2, 0.25) is 0 Å². The summed E-state index contributed by atoms with van der Waals surface area (Å²) in [7, 11) is 1.95. The van der Waals surface area contributed by atoms with Crippen LogP contribution in [-0.2, 0) is 12.5 Å². The molecule has 4 heteroatoms. The third-order valence-electron chi connectivity index (χ3n) is 2.90. The average Bonchev–Trinajstić information content (AvgIpc) is 2.66. The van der Waals surface area contributed by atoms with E-state index in [2.05, 4.69) is 24.0 Å². The average molecular weight is 216 g/mol. The Balaban J connectivity index is 2.46. The van der Waals surface area contributed by atoms with Gasteiger partial charge in [-0.25, -0.2) is 0 Å². The summed E-state index contributed by atoms with van der Waals surface area (Å²) in [6.45, 7) is 4.26. The lowest BCUT2D eigenvalue weighted by Crippen LogP contribution is -2.23. The molecule has 0 saturated carbocycles. The fourth-order valence-electron chi connectivity index (χ4n) is 1.88. The molecule has 1 aromatic heterocycles. The fourth-order valence-corrected chi connectivity index (χ4v) is 1.88. The fraction of sp³-hybridized carbons (Fsp3) is 0.333. The first kappa shape index (κ1) is 10.7. The molecule has 0 bridgehead atoms. The summed E-state index contributed by atoms with van der Waals surface area (Å²) in [5, 5.41) is 8.09. The van der Waals surface area contributed by atoms with Crippen molar-refractivity contribution in [1.82, 2.24) is 14.8 Å². The highest BCUT2D eigenvalue weighted by Gasteiger charge is 2.27. The normalized spacial score (nSPS) is 11.7. The van der Waals surface area contributed by atoms with Gasteiger partial charge in [-0.3, -0.25) is 0 Å². The molecular weight excluding hydrogens is 200 g/mol. The summed E-state index contributed by atoms with van der Waals surface area (Å²) in [6, 6.07) is 7.88. The van der Waals surface area contributed by atoms with Crippen molar-refractivity contribution in [3.05, 3.63) is 42.0 Å². The number of anilines is 1. The third kappa shape index (κ3) is 1.66. The van der Waals surface area contributed by atoms with Crippen LogP contribution in [0.15, 0.2) is 30.6 Å². The molecule has 0 radical (unpaired) electrons. The minimum absolute atomic E-state index is 0.168. The van der Waals surface area contributed by atoms with Crippen LogP contribution in [0.1, 0.15) is 25.2 Å². The molecule has 1 aromatic carbocycles. The van der Waals surface area contributed by atoms with E-state index in [1.54, 1.807) is 6.33 Å². The summed E-state index contributed by atoms with van der Waals surface area (Å²) in [5.74, 6) is 0.942. The topological polar surface area (TPSA) is 56.7 Å². The maximum absolute atomic E-state index is 5.69. The number of aryl methyl sites for hydroxylation is 1. The first-order valence-electron chi connectivity index (χ1n) is 5.22. The second-order valence-corrected chi connectivity index (χ2v) is 4.51. The van der Waals surface area contributed by atoms with Crippen molar-refractivity contribution in [1.29, 1.82) is 0 Å². The van der Waals surface area contributed by atoms with Gasteiger partial charge in [0.25, 0.3) is 0 Å². The summed E-state index contributed by atoms with van der Waals surface area (Å²) < 4.78 is 1.94. The largest absolute Gasteiger partial charge is 0.399 e. The molecule has 16 heavy (non-hydrogen) atoms. The van der Waals surface area contributed by atoms with Crippen LogP contribution in [0.25, 0.3) is 0 Å². The Kier molecular flexibility index (Phi) is 2.42. The Labute approximate surface area is 95.1 Å². The molecule has 0 atom stereocenters. The van der Waals surface area contributed by atoms with Gasteiger partial charge in [0.1, 0.15) is 12.2 Å². The summed E-state index contributed by atoms with van der Waals surface area (Å²) in [6.07, 6.45) is 1.72. The Morgan fingerprint density at radius 2 is 1.81 bits per heavy atom. The number of benzene rings is 1. The molecule has 2 aromatic rings. The Bertz CT molecular complexity index is 482. The molecular formula is C12H16N4. The van der Waals surface area contributed by atoms with Crippen molar-refractivity contribution in [2.45, 2.75) is 19.3 Å². The number of nitrogens with two attached hydrogens (primary N) is 1. The molecule has 0 fully saturated rings. The van der Waals surface area contributed by atoms with Crippen LogP contribution in [0.5, 0.6) is 0 Å². The Morgan fingerprint density at radius 3 is 2.31 bits per heavy atom. The lowest BCUT2D eigenvalue weighted by Gasteiger charge is -2.24.